The van der Waals surface area contributed by atoms with Gasteiger partial charge in [-0.25, -0.2) is 4.98 Å². The summed E-state index contributed by atoms with van der Waals surface area (Å²) in [6, 6.07) is 0.573. The van der Waals surface area contributed by atoms with Crippen molar-refractivity contribution in [3.63, 3.8) is 0 Å². The minimum atomic E-state index is 0.573. The monoisotopic (exact) mass is 241 g/mol. The summed E-state index contributed by atoms with van der Waals surface area (Å²) in [5, 5.41) is 6.74. The third-order valence-electron chi connectivity index (χ3n) is 2.60. The molecule has 0 unspecified atom stereocenters. The smallest absolute Gasteiger partial charge is 0.107 e. The number of nitrogens with zero attached hydrogens (tertiary/aromatic N) is 2. The Labute approximate surface area is 103 Å². The Morgan fingerprint density at radius 2 is 2.25 bits per heavy atom. The first-order chi connectivity index (χ1) is 7.63. The van der Waals surface area contributed by atoms with E-state index in [-0.39, 0.29) is 0 Å². The van der Waals surface area contributed by atoms with Crippen molar-refractivity contribution in [1.82, 2.24) is 15.2 Å². The molecule has 0 bridgehead atoms. The molecule has 1 rings (SSSR count). The van der Waals surface area contributed by atoms with Crippen LogP contribution in [0.4, 0.5) is 0 Å². The second kappa shape index (κ2) is 6.99. The molecule has 3 nitrogen and oxygen atoms in total. The van der Waals surface area contributed by atoms with E-state index in [2.05, 4.69) is 48.4 Å². The maximum absolute atomic E-state index is 4.62. The van der Waals surface area contributed by atoms with E-state index in [1.165, 1.54) is 17.1 Å². The maximum Gasteiger partial charge on any atom is 0.107 e. The van der Waals surface area contributed by atoms with Crippen molar-refractivity contribution in [2.45, 2.75) is 46.3 Å². The van der Waals surface area contributed by atoms with Gasteiger partial charge in [0, 0.05) is 24.5 Å². The van der Waals surface area contributed by atoms with E-state index in [9.17, 15) is 0 Å². The first-order valence-electron chi connectivity index (χ1n) is 5.97. The molecule has 1 aromatic heterocycles. The van der Waals surface area contributed by atoms with Crippen molar-refractivity contribution in [2.75, 3.05) is 13.6 Å². The molecule has 0 aliphatic carbocycles. The number of rotatable bonds is 7. The fourth-order valence-corrected chi connectivity index (χ4v) is 2.07. The van der Waals surface area contributed by atoms with Crippen molar-refractivity contribution in [2.24, 2.45) is 0 Å². The van der Waals surface area contributed by atoms with Gasteiger partial charge in [-0.05, 0) is 33.9 Å². The zero-order valence-electron chi connectivity index (χ0n) is 10.8. The molecule has 0 saturated heterocycles. The van der Waals surface area contributed by atoms with Crippen LogP contribution in [0.5, 0.6) is 0 Å². The molecule has 0 fully saturated rings. The van der Waals surface area contributed by atoms with Gasteiger partial charge < -0.3 is 5.32 Å². The largest absolute Gasteiger partial charge is 0.310 e. The highest BCUT2D eigenvalue weighted by molar-refractivity contribution is 7.09. The van der Waals surface area contributed by atoms with Gasteiger partial charge in [0.05, 0.1) is 5.69 Å². The summed E-state index contributed by atoms with van der Waals surface area (Å²) in [6.45, 7) is 9.51. The Balaban J connectivity index is 2.39. The van der Waals surface area contributed by atoms with Crippen LogP contribution in [0, 0.1) is 0 Å². The molecule has 1 heterocycles. The highest BCUT2D eigenvalue weighted by atomic mass is 32.1. The molecule has 1 aromatic rings. The van der Waals surface area contributed by atoms with Crippen molar-refractivity contribution in [3.8, 4) is 0 Å². The predicted octanol–water partition coefficient (Wildman–Crippen LogP) is 2.48. The van der Waals surface area contributed by atoms with E-state index in [4.69, 9.17) is 0 Å². The van der Waals surface area contributed by atoms with E-state index in [0.717, 1.165) is 19.6 Å². The van der Waals surface area contributed by atoms with E-state index >= 15 is 0 Å². The fourth-order valence-electron chi connectivity index (χ4n) is 1.31. The Hall–Kier alpha value is -0.450. The molecule has 0 atom stereocenters. The van der Waals surface area contributed by atoms with E-state index < -0.39 is 0 Å². The summed E-state index contributed by atoms with van der Waals surface area (Å²) in [7, 11) is 2.14. The number of nitrogens with one attached hydrogen (secondary N) is 1. The molecular formula is C12H23N3S. The standard InChI is InChI=1S/C12H23N3S/c1-5-6-13-7-12-14-11(9-16-12)8-15(4)10(2)3/h9-10,13H,5-8H2,1-4H3. The number of hydrogen-bond acceptors (Lipinski definition) is 4. The summed E-state index contributed by atoms with van der Waals surface area (Å²) < 4.78 is 0. The minimum absolute atomic E-state index is 0.573. The predicted molar refractivity (Wildman–Crippen MR) is 70.7 cm³/mol. The van der Waals surface area contributed by atoms with Gasteiger partial charge in [0.15, 0.2) is 0 Å². The van der Waals surface area contributed by atoms with Gasteiger partial charge in [-0.1, -0.05) is 6.92 Å². The molecule has 0 spiro atoms. The second-order valence-corrected chi connectivity index (χ2v) is 5.36. The molecule has 0 saturated carbocycles. The number of hydrogen-bond donors (Lipinski definition) is 1. The first-order valence-corrected chi connectivity index (χ1v) is 6.85. The molecule has 92 valence electrons. The summed E-state index contributed by atoms with van der Waals surface area (Å²) in [5.74, 6) is 0. The zero-order chi connectivity index (χ0) is 12.0. The number of aromatic nitrogens is 1. The van der Waals surface area contributed by atoms with Crippen LogP contribution in [0.3, 0.4) is 0 Å². The topological polar surface area (TPSA) is 28.2 Å². The third-order valence-corrected chi connectivity index (χ3v) is 3.49. The van der Waals surface area contributed by atoms with Gasteiger partial charge in [0.25, 0.3) is 0 Å². The van der Waals surface area contributed by atoms with Crippen LogP contribution in [0.1, 0.15) is 37.9 Å². The van der Waals surface area contributed by atoms with Crippen molar-refractivity contribution < 1.29 is 0 Å². The van der Waals surface area contributed by atoms with E-state index in [0.29, 0.717) is 6.04 Å². The van der Waals surface area contributed by atoms with Crippen LogP contribution in [0.15, 0.2) is 5.38 Å². The van der Waals surface area contributed by atoms with Crippen molar-refractivity contribution in [3.05, 3.63) is 16.1 Å². The molecule has 0 amide bonds. The molecule has 0 aliphatic rings. The molecule has 4 heteroatoms. The number of thiazole rings is 1. The Morgan fingerprint density at radius 3 is 2.88 bits per heavy atom. The second-order valence-electron chi connectivity index (χ2n) is 4.42. The van der Waals surface area contributed by atoms with Crippen LogP contribution in [-0.4, -0.2) is 29.5 Å². The lowest BCUT2D eigenvalue weighted by Gasteiger charge is -2.19. The molecule has 16 heavy (non-hydrogen) atoms. The SMILES string of the molecule is CCCNCc1nc(CN(C)C(C)C)cs1. The Bertz CT molecular complexity index is 296. The van der Waals surface area contributed by atoms with Crippen molar-refractivity contribution >= 4 is 11.3 Å². The maximum atomic E-state index is 4.62. The van der Waals surface area contributed by atoms with Gasteiger partial charge >= 0.3 is 0 Å². The van der Waals surface area contributed by atoms with Gasteiger partial charge in [0.1, 0.15) is 5.01 Å². The average molecular weight is 241 g/mol. The minimum Gasteiger partial charge on any atom is -0.310 e. The zero-order valence-corrected chi connectivity index (χ0v) is 11.6. The summed E-state index contributed by atoms with van der Waals surface area (Å²) >= 11 is 1.75. The molecular weight excluding hydrogens is 218 g/mol. The van der Waals surface area contributed by atoms with Crippen LogP contribution in [0.2, 0.25) is 0 Å². The summed E-state index contributed by atoms with van der Waals surface area (Å²) in [5.41, 5.74) is 1.19. The summed E-state index contributed by atoms with van der Waals surface area (Å²) in [4.78, 5) is 6.92. The highest BCUT2D eigenvalue weighted by Crippen LogP contribution is 2.12. The van der Waals surface area contributed by atoms with Crippen LogP contribution >= 0.6 is 11.3 Å². The molecule has 0 aromatic carbocycles. The normalized spacial score (nSPS) is 11.6. The van der Waals surface area contributed by atoms with Crippen LogP contribution < -0.4 is 5.32 Å². The summed E-state index contributed by atoms with van der Waals surface area (Å²) in [6.07, 6.45) is 1.17. The van der Waals surface area contributed by atoms with E-state index in [1.54, 1.807) is 11.3 Å². The third kappa shape index (κ3) is 4.60. The van der Waals surface area contributed by atoms with Gasteiger partial charge in [-0.2, -0.15) is 0 Å². The van der Waals surface area contributed by atoms with Crippen LogP contribution in [-0.2, 0) is 13.1 Å². The Morgan fingerprint density at radius 1 is 1.50 bits per heavy atom. The quantitative estimate of drug-likeness (QED) is 0.743. The molecule has 0 aliphatic heterocycles. The lowest BCUT2D eigenvalue weighted by Crippen LogP contribution is -2.25. The van der Waals surface area contributed by atoms with Crippen LogP contribution in [0.25, 0.3) is 0 Å². The van der Waals surface area contributed by atoms with E-state index in [1.807, 2.05) is 0 Å². The molecule has 0 radical (unpaired) electrons. The fraction of sp³-hybridized carbons (Fsp3) is 0.750. The average Bonchev–Trinajstić information content (AvgIpc) is 2.66. The van der Waals surface area contributed by atoms with Gasteiger partial charge in [-0.15, -0.1) is 11.3 Å². The van der Waals surface area contributed by atoms with Gasteiger partial charge in [-0.3, -0.25) is 4.90 Å². The lowest BCUT2D eigenvalue weighted by atomic mass is 10.3. The van der Waals surface area contributed by atoms with Gasteiger partial charge in [0.2, 0.25) is 0 Å². The Kier molecular flexibility index (Phi) is 5.95. The lowest BCUT2D eigenvalue weighted by molar-refractivity contribution is 0.263. The van der Waals surface area contributed by atoms with Crippen molar-refractivity contribution in [1.29, 1.82) is 0 Å². The highest BCUT2D eigenvalue weighted by Gasteiger charge is 2.07. The first kappa shape index (κ1) is 13.6. The molecule has 1 N–H and O–H groups in total.